The van der Waals surface area contributed by atoms with Crippen molar-refractivity contribution in [1.82, 2.24) is 4.98 Å². The molecule has 2 rings (SSSR count). The highest BCUT2D eigenvalue weighted by Gasteiger charge is 2.13. The zero-order valence-corrected chi connectivity index (χ0v) is 11.1. The van der Waals surface area contributed by atoms with E-state index in [1.165, 1.54) is 11.3 Å². The van der Waals surface area contributed by atoms with Gasteiger partial charge in [0.05, 0.1) is 20.4 Å². The molecule has 0 aliphatic heterocycles. The summed E-state index contributed by atoms with van der Waals surface area (Å²) in [6, 6.07) is 5.09. The third kappa shape index (κ3) is 2.83. The van der Waals surface area contributed by atoms with Crippen molar-refractivity contribution in [2.24, 2.45) is 0 Å². The first-order valence-electron chi connectivity index (χ1n) is 4.77. The van der Waals surface area contributed by atoms with Gasteiger partial charge in [0, 0.05) is 11.9 Å². The van der Waals surface area contributed by atoms with Gasteiger partial charge in [0.15, 0.2) is 0 Å². The van der Waals surface area contributed by atoms with E-state index in [4.69, 9.17) is 10.5 Å². The summed E-state index contributed by atoms with van der Waals surface area (Å²) in [5.74, 6) is -0.405. The molecule has 2 N–H and O–H groups in total. The normalized spacial score (nSPS) is 10.2. The predicted octanol–water partition coefficient (Wildman–Crippen LogP) is 2.84. The average Bonchev–Trinajstić information content (AvgIpc) is 2.82. The summed E-state index contributed by atoms with van der Waals surface area (Å²) in [6.45, 7) is 0.227. The number of thiazole rings is 1. The van der Waals surface area contributed by atoms with E-state index < -0.39 is 5.97 Å². The van der Waals surface area contributed by atoms with Crippen molar-refractivity contribution in [3.05, 3.63) is 44.8 Å². The highest BCUT2D eigenvalue weighted by atomic mass is 79.9. The Morgan fingerprint density at radius 1 is 1.53 bits per heavy atom. The molecular formula is C11H9BrN2O2S. The molecule has 0 aliphatic carbocycles. The van der Waals surface area contributed by atoms with Crippen LogP contribution < -0.4 is 5.73 Å². The number of anilines is 1. The topological polar surface area (TPSA) is 65.2 Å². The lowest BCUT2D eigenvalue weighted by atomic mass is 10.2. The fourth-order valence-electron chi connectivity index (χ4n) is 1.24. The van der Waals surface area contributed by atoms with E-state index in [9.17, 15) is 4.79 Å². The van der Waals surface area contributed by atoms with Crippen LogP contribution in [-0.4, -0.2) is 11.0 Å². The molecule has 17 heavy (non-hydrogen) atoms. The molecule has 6 heteroatoms. The Morgan fingerprint density at radius 3 is 3.06 bits per heavy atom. The van der Waals surface area contributed by atoms with E-state index in [1.807, 2.05) is 0 Å². The number of carbonyl (C=O) groups is 1. The fourth-order valence-corrected chi connectivity index (χ4v) is 2.17. The highest BCUT2D eigenvalue weighted by molar-refractivity contribution is 9.10. The van der Waals surface area contributed by atoms with Crippen molar-refractivity contribution in [3.8, 4) is 0 Å². The maximum absolute atomic E-state index is 11.8. The van der Waals surface area contributed by atoms with Crippen LogP contribution in [0.5, 0.6) is 0 Å². The standard InChI is InChI=1S/C11H9BrN2O2S/c12-10-8(2-1-3-9(10)13)11(15)16-5-7-4-14-6-17-7/h1-4,6H,5,13H2. The molecule has 1 aromatic carbocycles. The van der Waals surface area contributed by atoms with Crippen molar-refractivity contribution in [2.75, 3.05) is 5.73 Å². The van der Waals surface area contributed by atoms with Gasteiger partial charge in [0.2, 0.25) is 0 Å². The summed E-state index contributed by atoms with van der Waals surface area (Å²) >= 11 is 4.71. The van der Waals surface area contributed by atoms with Crippen molar-refractivity contribution in [3.63, 3.8) is 0 Å². The number of carbonyl (C=O) groups excluding carboxylic acids is 1. The van der Waals surface area contributed by atoms with Gasteiger partial charge in [0.25, 0.3) is 0 Å². The first-order valence-corrected chi connectivity index (χ1v) is 6.44. The fraction of sp³-hybridized carbons (Fsp3) is 0.0909. The van der Waals surface area contributed by atoms with Crippen molar-refractivity contribution in [2.45, 2.75) is 6.61 Å². The van der Waals surface area contributed by atoms with Gasteiger partial charge < -0.3 is 10.5 Å². The van der Waals surface area contributed by atoms with Gasteiger partial charge in [-0.05, 0) is 28.1 Å². The number of nitrogen functional groups attached to an aromatic ring is 1. The van der Waals surface area contributed by atoms with Crippen LogP contribution >= 0.6 is 27.3 Å². The minimum absolute atomic E-state index is 0.227. The summed E-state index contributed by atoms with van der Waals surface area (Å²) < 4.78 is 5.72. The molecule has 0 amide bonds. The Bertz CT molecular complexity index is 528. The lowest BCUT2D eigenvalue weighted by molar-refractivity contribution is 0.0475. The SMILES string of the molecule is Nc1cccc(C(=O)OCc2cncs2)c1Br. The van der Waals surface area contributed by atoms with Crippen LogP contribution in [0.3, 0.4) is 0 Å². The summed E-state index contributed by atoms with van der Waals surface area (Å²) in [5, 5.41) is 0. The number of nitrogens with two attached hydrogens (primary N) is 1. The molecule has 0 saturated carbocycles. The molecule has 1 heterocycles. The maximum atomic E-state index is 11.8. The molecule has 0 unspecified atom stereocenters. The second kappa shape index (κ2) is 5.29. The third-order valence-electron chi connectivity index (χ3n) is 2.08. The average molecular weight is 313 g/mol. The van der Waals surface area contributed by atoms with E-state index in [0.717, 1.165) is 4.88 Å². The van der Waals surface area contributed by atoms with Crippen LogP contribution in [-0.2, 0) is 11.3 Å². The van der Waals surface area contributed by atoms with Gasteiger partial charge in [-0.15, -0.1) is 11.3 Å². The second-order valence-corrected chi connectivity index (χ2v) is 5.02. The van der Waals surface area contributed by atoms with Crippen LogP contribution in [0.15, 0.2) is 34.4 Å². The summed E-state index contributed by atoms with van der Waals surface area (Å²) in [7, 11) is 0. The molecule has 0 spiro atoms. The second-order valence-electron chi connectivity index (χ2n) is 3.25. The molecule has 2 aromatic rings. The maximum Gasteiger partial charge on any atom is 0.339 e. The number of aromatic nitrogens is 1. The Kier molecular flexibility index (Phi) is 3.75. The molecule has 1 aromatic heterocycles. The molecule has 88 valence electrons. The van der Waals surface area contributed by atoms with Gasteiger partial charge in [0.1, 0.15) is 6.61 Å². The van der Waals surface area contributed by atoms with Crippen LogP contribution in [0.1, 0.15) is 15.2 Å². The van der Waals surface area contributed by atoms with E-state index in [2.05, 4.69) is 20.9 Å². The molecule has 0 atom stereocenters. The van der Waals surface area contributed by atoms with Crippen molar-refractivity contribution < 1.29 is 9.53 Å². The van der Waals surface area contributed by atoms with Gasteiger partial charge in [-0.25, -0.2) is 4.79 Å². The first-order chi connectivity index (χ1) is 8.18. The summed E-state index contributed by atoms with van der Waals surface area (Å²) in [5.41, 5.74) is 8.32. The Hall–Kier alpha value is -1.40. The van der Waals surface area contributed by atoms with Crippen molar-refractivity contribution in [1.29, 1.82) is 0 Å². The number of hydrogen-bond donors (Lipinski definition) is 1. The van der Waals surface area contributed by atoms with Crippen LogP contribution in [0, 0.1) is 0 Å². The lowest BCUT2D eigenvalue weighted by Crippen LogP contribution is -2.06. The number of benzene rings is 1. The molecule has 0 radical (unpaired) electrons. The Morgan fingerprint density at radius 2 is 2.35 bits per heavy atom. The van der Waals surface area contributed by atoms with Crippen molar-refractivity contribution >= 4 is 38.9 Å². The minimum Gasteiger partial charge on any atom is -0.456 e. The molecule has 0 fully saturated rings. The third-order valence-corrected chi connectivity index (χ3v) is 3.72. The smallest absolute Gasteiger partial charge is 0.339 e. The molecule has 4 nitrogen and oxygen atoms in total. The number of halogens is 1. The number of ether oxygens (including phenoxy) is 1. The number of hydrogen-bond acceptors (Lipinski definition) is 5. The van der Waals surface area contributed by atoms with Gasteiger partial charge >= 0.3 is 5.97 Å². The molecule has 0 aliphatic rings. The van der Waals surface area contributed by atoms with Gasteiger partial charge in [-0.2, -0.15) is 0 Å². The van der Waals surface area contributed by atoms with Gasteiger partial charge in [-0.3, -0.25) is 4.98 Å². The molecule has 0 bridgehead atoms. The Labute approximate surface area is 111 Å². The molecule has 0 saturated heterocycles. The summed E-state index contributed by atoms with van der Waals surface area (Å²) in [4.78, 5) is 16.6. The quantitative estimate of drug-likeness (QED) is 0.699. The van der Waals surface area contributed by atoms with E-state index in [-0.39, 0.29) is 6.61 Å². The lowest BCUT2D eigenvalue weighted by Gasteiger charge is -2.06. The predicted molar refractivity (Wildman–Crippen MR) is 69.8 cm³/mol. The number of nitrogens with zero attached hydrogens (tertiary/aromatic N) is 1. The van der Waals surface area contributed by atoms with Crippen LogP contribution in [0.2, 0.25) is 0 Å². The number of esters is 1. The zero-order chi connectivity index (χ0) is 12.3. The van der Waals surface area contributed by atoms with E-state index >= 15 is 0 Å². The highest BCUT2D eigenvalue weighted by Crippen LogP contribution is 2.24. The van der Waals surface area contributed by atoms with E-state index in [1.54, 1.807) is 29.9 Å². The molecular weight excluding hydrogens is 304 g/mol. The van der Waals surface area contributed by atoms with Crippen LogP contribution in [0.25, 0.3) is 0 Å². The monoisotopic (exact) mass is 312 g/mol. The first kappa shape index (κ1) is 12.1. The number of rotatable bonds is 3. The van der Waals surface area contributed by atoms with E-state index in [0.29, 0.717) is 15.7 Å². The Balaban J connectivity index is 2.07. The largest absolute Gasteiger partial charge is 0.456 e. The zero-order valence-electron chi connectivity index (χ0n) is 8.72. The van der Waals surface area contributed by atoms with Crippen LogP contribution in [0.4, 0.5) is 5.69 Å². The summed E-state index contributed by atoms with van der Waals surface area (Å²) in [6.07, 6.45) is 1.67. The van der Waals surface area contributed by atoms with Gasteiger partial charge in [-0.1, -0.05) is 6.07 Å². The minimum atomic E-state index is -0.405.